The highest BCUT2D eigenvalue weighted by molar-refractivity contribution is 5.74. The van der Waals surface area contributed by atoms with E-state index in [0.717, 1.165) is 27.7 Å². The van der Waals surface area contributed by atoms with Gasteiger partial charge in [0.2, 0.25) is 23.6 Å². The molecular formula is C67H112N4O47. The van der Waals surface area contributed by atoms with Crippen molar-refractivity contribution in [1.82, 2.24) is 21.3 Å². The molecule has 9 saturated heterocycles. The lowest BCUT2D eigenvalue weighted by Crippen LogP contribution is -2.70. The predicted octanol–water partition coefficient (Wildman–Crippen LogP) is -18.5. The monoisotopic (exact) mass is 1720 g/mol. The van der Waals surface area contributed by atoms with Crippen molar-refractivity contribution < 1.29 is 232 Å². The molecule has 17 unspecified atom stereocenters. The third kappa shape index (κ3) is 21.8. The second kappa shape index (κ2) is 42.6. The average Bonchev–Trinajstić information content (AvgIpc) is 0.789. The lowest BCUT2D eigenvalue weighted by atomic mass is 9.87. The van der Waals surface area contributed by atoms with Gasteiger partial charge >= 0.3 is 5.97 Å². The molecule has 9 aliphatic heterocycles. The molecule has 0 saturated carbocycles. The van der Waals surface area contributed by atoms with Crippen LogP contribution >= 0.6 is 0 Å². The van der Waals surface area contributed by atoms with E-state index >= 15 is 0 Å². The van der Waals surface area contributed by atoms with E-state index in [-0.39, 0.29) is 6.47 Å². The predicted molar refractivity (Wildman–Crippen MR) is 367 cm³/mol. The number of rotatable bonds is 33. The van der Waals surface area contributed by atoms with Crippen LogP contribution in [0.25, 0.3) is 0 Å². The maximum Gasteiger partial charge on any atom is 0.332 e. The third-order valence-corrected chi connectivity index (χ3v) is 21.9. The second-order valence-electron chi connectivity index (χ2n) is 30.1. The molecule has 0 aliphatic carbocycles. The number of aliphatic hydroxyl groups is 24. The fourth-order valence-electron chi connectivity index (χ4n) is 15.4. The van der Waals surface area contributed by atoms with Crippen molar-refractivity contribution in [3.63, 3.8) is 0 Å². The molecule has 9 aliphatic rings. The summed E-state index contributed by atoms with van der Waals surface area (Å²) in [5, 5.41) is 278. The SMILES string of the molecule is CC(=O)NC1C(O)[C@H](O[C@@H]2OC(CO[C@]3(OC=O)C[C@H](O)[C@@H](C)C([C@H](O)[C@@H](O)CO)O3)[C@H](O)[C@H](O)C2O)[C@@H](CO)O[C@@H]1OC1[C@H](OCC2O[C@@H](O[C@H]3C(CO)O[C@@H](O[C@H]4C(CO)O[C@@H](C)C(NC(C)=O)[C@H]4O)C(NC(C)=O)[C@H]3O)C(O)[C@@H](O[C@@H]3O[C@H](CO)[C@H](O)C(O)C3O[C@@H]3OC(CO)[C@H](O)[C@H](O)C3NC(C)=O)[C@H]2O)OC(CO)[C@H](O)[C@@H]1O. The van der Waals surface area contributed by atoms with Crippen molar-refractivity contribution >= 4 is 30.1 Å². The fourth-order valence-corrected chi connectivity index (χ4v) is 15.4. The Morgan fingerprint density at radius 2 is 0.737 bits per heavy atom. The molecule has 9 heterocycles. The molecule has 0 spiro atoms. The quantitative estimate of drug-likeness (QED) is 0.0214. The molecule has 0 bridgehead atoms. The van der Waals surface area contributed by atoms with Gasteiger partial charge in [-0.05, 0) is 6.92 Å². The van der Waals surface area contributed by atoms with E-state index in [0.29, 0.717) is 0 Å². The van der Waals surface area contributed by atoms with Gasteiger partial charge in [0.1, 0.15) is 201 Å². The highest BCUT2D eigenvalue weighted by Gasteiger charge is 2.61. The van der Waals surface area contributed by atoms with Crippen molar-refractivity contribution in [2.75, 3.05) is 59.5 Å². The van der Waals surface area contributed by atoms with Crippen LogP contribution in [0.1, 0.15) is 48.0 Å². The normalized spacial score (nSPS) is 47.5. The summed E-state index contributed by atoms with van der Waals surface area (Å²) in [5.41, 5.74) is 0. The second-order valence-corrected chi connectivity index (χ2v) is 30.1. The van der Waals surface area contributed by atoms with Crippen molar-refractivity contribution in [3.05, 3.63) is 0 Å². The van der Waals surface area contributed by atoms with Crippen molar-refractivity contribution in [3.8, 4) is 0 Å². The molecule has 682 valence electrons. The number of hydrogen-bond donors (Lipinski definition) is 28. The first kappa shape index (κ1) is 97.5. The highest BCUT2D eigenvalue weighted by atomic mass is 16.9. The molecule has 0 aromatic heterocycles. The summed E-state index contributed by atoms with van der Waals surface area (Å²) >= 11 is 0. The summed E-state index contributed by atoms with van der Waals surface area (Å²) in [4.78, 5) is 62.7. The lowest BCUT2D eigenvalue weighted by Gasteiger charge is -2.51. The van der Waals surface area contributed by atoms with Gasteiger partial charge in [-0.3, -0.25) is 24.0 Å². The molecular weight excluding hydrogens is 1610 g/mol. The van der Waals surface area contributed by atoms with Gasteiger partial charge in [0.15, 0.2) is 44.0 Å². The Morgan fingerprint density at radius 3 is 1.19 bits per heavy atom. The standard InChI is InChI=1S/C67H112N4O47/c1-18-24(84)7-67(103-17-79,118-53(18)38(86)25(85)8-72)102-16-33-42(90)48(96)51(99)63(111-33)113-55-30(13-77)109-62(37(47(55)95)71-23(6)83)116-58-49(97)40(88)27(10-74)106-65(58)101-15-32-43(91)57(115-66-59(50(98)41(89)28(11-75)107-66)117-60-35(69-21(4)81)44(92)39(87)26(9-73)105-60)52(100)64(110-32)114-56-31(14-78)108-61(36(46(56)94)70-22(5)82)112-54-29(12-76)104-19(2)34(45(54)93)68-20(3)80/h17-19,24-66,72-78,84-100H,7-16H2,1-6H3,(H,68,80)(H,69,81)(H,70,82)(H,71,83)/t18-,19+,24+,25+,26?,27?,28-,29?,30-,31?,32?,33?,34?,35?,36?,37?,38-,39+,40+,41+,42+,43+,44-,45-,46-,47?,48+,49+,50?,51?,52?,53?,54+,55-,56+,57+,58?,59?,60+,61+,62-,63+,64+,65-,66+,67+/m1/s1. The molecule has 46 atom stereocenters. The zero-order chi connectivity index (χ0) is 87.1. The molecule has 0 radical (unpaired) electrons. The van der Waals surface area contributed by atoms with Gasteiger partial charge < -0.3 is 229 Å². The van der Waals surface area contributed by atoms with E-state index in [2.05, 4.69) is 21.3 Å². The van der Waals surface area contributed by atoms with Crippen LogP contribution in [0.3, 0.4) is 0 Å². The van der Waals surface area contributed by atoms with E-state index in [1.54, 1.807) is 0 Å². The van der Waals surface area contributed by atoms with E-state index in [9.17, 15) is 147 Å². The Labute approximate surface area is 670 Å². The molecule has 0 aromatic rings. The number of carbonyl (C=O) groups is 5. The summed E-state index contributed by atoms with van der Waals surface area (Å²) < 4.78 is 107. The van der Waals surface area contributed by atoms with Crippen LogP contribution in [0.2, 0.25) is 0 Å². The highest BCUT2D eigenvalue weighted by Crippen LogP contribution is 2.42. The van der Waals surface area contributed by atoms with Crippen molar-refractivity contribution in [2.24, 2.45) is 5.92 Å². The number of hydrogen-bond acceptors (Lipinski definition) is 47. The van der Waals surface area contributed by atoms with Crippen LogP contribution < -0.4 is 21.3 Å². The van der Waals surface area contributed by atoms with Gasteiger partial charge in [-0.1, -0.05) is 6.92 Å². The van der Waals surface area contributed by atoms with Crippen molar-refractivity contribution in [2.45, 2.75) is 324 Å². The Balaban J connectivity index is 1.01. The van der Waals surface area contributed by atoms with E-state index in [1.807, 2.05) is 0 Å². The Morgan fingerprint density at radius 1 is 0.381 bits per heavy atom. The number of ether oxygens (including phenoxy) is 18. The van der Waals surface area contributed by atoms with Gasteiger partial charge in [0, 0.05) is 33.6 Å². The molecule has 9 rings (SSSR count). The third-order valence-electron chi connectivity index (χ3n) is 21.9. The van der Waals surface area contributed by atoms with E-state index < -0.39 is 371 Å². The smallest absolute Gasteiger partial charge is 0.332 e. The topological polar surface area (TPSA) is 785 Å². The average molecular weight is 1730 g/mol. The molecule has 0 aromatic carbocycles. The minimum Gasteiger partial charge on any atom is -0.410 e. The maximum absolute atomic E-state index is 13.1. The van der Waals surface area contributed by atoms with Crippen LogP contribution in [-0.2, 0) is 109 Å². The van der Waals surface area contributed by atoms with Crippen LogP contribution in [0.5, 0.6) is 0 Å². The molecule has 28 N–H and O–H groups in total. The van der Waals surface area contributed by atoms with E-state index in [4.69, 9.17) is 85.3 Å². The van der Waals surface area contributed by atoms with Gasteiger partial charge in [-0.2, -0.15) is 0 Å². The first-order chi connectivity index (χ1) is 55.8. The van der Waals surface area contributed by atoms with Crippen LogP contribution in [0, 0.1) is 5.92 Å². The Bertz CT molecular complexity index is 3180. The summed E-state index contributed by atoms with van der Waals surface area (Å²) in [6.45, 7) is -3.02. The molecule has 51 nitrogen and oxygen atoms in total. The summed E-state index contributed by atoms with van der Waals surface area (Å²) in [6, 6.07) is -6.84. The van der Waals surface area contributed by atoms with Crippen LogP contribution in [0.4, 0.5) is 0 Å². The first-order valence-electron chi connectivity index (χ1n) is 37.9. The zero-order valence-corrected chi connectivity index (χ0v) is 64.3. The number of aliphatic hydroxyl groups excluding tert-OH is 24. The molecule has 51 heteroatoms. The Hall–Kier alpha value is -4.29. The van der Waals surface area contributed by atoms with Gasteiger partial charge in [0.25, 0.3) is 6.47 Å². The summed E-state index contributed by atoms with van der Waals surface area (Å²) in [5.74, 6) is -7.04. The largest absolute Gasteiger partial charge is 0.410 e. The minimum absolute atomic E-state index is 0.183. The lowest BCUT2D eigenvalue weighted by molar-refractivity contribution is -0.424. The minimum atomic E-state index is -2.65. The molecule has 4 amide bonds. The molecule has 9 fully saturated rings. The zero-order valence-electron chi connectivity index (χ0n) is 64.3. The number of nitrogens with one attached hydrogen (secondary N) is 4. The Kier molecular flexibility index (Phi) is 35.2. The molecule has 118 heavy (non-hydrogen) atoms. The van der Waals surface area contributed by atoms with Gasteiger partial charge in [-0.15, -0.1) is 0 Å². The van der Waals surface area contributed by atoms with Crippen LogP contribution in [-0.4, -0.2) is 488 Å². The van der Waals surface area contributed by atoms with E-state index in [1.165, 1.54) is 13.8 Å². The van der Waals surface area contributed by atoms with Crippen LogP contribution in [0.15, 0.2) is 0 Å². The number of amides is 4. The summed E-state index contributed by atoms with van der Waals surface area (Å²) in [7, 11) is 0. The van der Waals surface area contributed by atoms with Gasteiger partial charge in [0.05, 0.1) is 90.2 Å². The fraction of sp³-hybridized carbons (Fsp3) is 0.925. The first-order valence-corrected chi connectivity index (χ1v) is 37.9. The van der Waals surface area contributed by atoms with Gasteiger partial charge in [-0.25, -0.2) is 0 Å². The van der Waals surface area contributed by atoms with Crippen molar-refractivity contribution in [1.29, 1.82) is 0 Å². The maximum atomic E-state index is 13.1. The number of carbonyl (C=O) groups excluding carboxylic acids is 5. The summed E-state index contributed by atoms with van der Waals surface area (Å²) in [6.07, 6.45) is -81.9.